The Bertz CT molecular complexity index is 1350. The monoisotopic (exact) mass is 621 g/mol. The van der Waals surface area contributed by atoms with Gasteiger partial charge >= 0.3 is 12.1 Å². The van der Waals surface area contributed by atoms with Gasteiger partial charge in [0.1, 0.15) is 17.1 Å². The van der Waals surface area contributed by atoms with Crippen molar-refractivity contribution in [2.24, 2.45) is 11.8 Å². The van der Waals surface area contributed by atoms with Gasteiger partial charge in [0, 0.05) is 74.4 Å². The van der Waals surface area contributed by atoms with E-state index >= 15 is 0 Å². The lowest BCUT2D eigenvalue weighted by Crippen LogP contribution is -2.43. The number of amides is 2. The molecule has 2 aliphatic rings. The van der Waals surface area contributed by atoms with E-state index in [1.165, 1.54) is 7.11 Å². The molecular weight excluding hydrogens is 574 g/mol. The maximum Gasteiger partial charge on any atom is 0.410 e. The molecule has 0 unspecified atom stereocenters. The summed E-state index contributed by atoms with van der Waals surface area (Å²) >= 11 is 0. The Morgan fingerprint density at radius 2 is 1.73 bits per heavy atom. The van der Waals surface area contributed by atoms with Gasteiger partial charge in [-0.2, -0.15) is 0 Å². The Kier molecular flexibility index (Phi) is 11.6. The van der Waals surface area contributed by atoms with Gasteiger partial charge in [0.15, 0.2) is 0 Å². The van der Waals surface area contributed by atoms with Crippen molar-refractivity contribution in [1.82, 2.24) is 14.8 Å². The first-order valence-electron chi connectivity index (χ1n) is 16.0. The van der Waals surface area contributed by atoms with Crippen molar-refractivity contribution in [3.05, 3.63) is 48.3 Å². The summed E-state index contributed by atoms with van der Waals surface area (Å²) in [6.07, 6.45) is 7.49. The van der Waals surface area contributed by atoms with E-state index in [1.54, 1.807) is 35.5 Å². The molecule has 0 aliphatic carbocycles. The number of carbonyl (C=O) groups is 4. The van der Waals surface area contributed by atoms with Crippen LogP contribution in [0.1, 0.15) is 83.6 Å². The minimum Gasteiger partial charge on any atom is -0.507 e. The quantitative estimate of drug-likeness (QED) is 0.334. The topological polar surface area (TPSA) is 126 Å². The number of likely N-dealkylation sites (tertiary alicyclic amines) is 2. The number of phenolic OH excluding ortho intramolecular Hbond substituents is 1. The van der Waals surface area contributed by atoms with Crippen molar-refractivity contribution >= 4 is 23.8 Å². The molecule has 45 heavy (non-hydrogen) atoms. The number of aromatic hydroxyl groups is 1. The van der Waals surface area contributed by atoms with Crippen LogP contribution in [-0.2, 0) is 23.9 Å². The Balaban J connectivity index is 1.32. The normalized spacial score (nSPS) is 18.3. The van der Waals surface area contributed by atoms with Gasteiger partial charge in [0.05, 0.1) is 13.5 Å². The molecule has 0 spiro atoms. The predicted molar refractivity (Wildman–Crippen MR) is 169 cm³/mol. The molecule has 4 rings (SSSR count). The first-order chi connectivity index (χ1) is 21.4. The minimum atomic E-state index is -0.522. The lowest BCUT2D eigenvalue weighted by Gasteiger charge is -2.35. The number of nitrogens with zero attached hydrogens (tertiary/aromatic N) is 3. The molecule has 244 valence electrons. The highest BCUT2D eigenvalue weighted by atomic mass is 16.6. The molecule has 1 aromatic heterocycles. The standard InChI is InChI=1S/C35H47N3O7/c1-35(2,3)45-34(43)37-16-13-24(14-17-37)11-12-32(41)38-15-7-8-25(23-38)31(40)19-26(20-33(42)44-4)27-18-28(22-36-21-27)29-9-5-6-10-30(29)39/h5-6,9-10,18,21-22,24-26,39H,7-8,11-17,19-20,23H2,1-4H3/t25-,26+/m1/s1. The summed E-state index contributed by atoms with van der Waals surface area (Å²) in [5.41, 5.74) is 1.50. The molecule has 0 bridgehead atoms. The summed E-state index contributed by atoms with van der Waals surface area (Å²) in [6.45, 7) is 7.86. The smallest absolute Gasteiger partial charge is 0.410 e. The number of pyridine rings is 1. The minimum absolute atomic E-state index is 0.0175. The number of methoxy groups -OCH3 is 1. The SMILES string of the molecule is COC(=O)C[C@H](CC(=O)[C@@H]1CCCN(C(=O)CCC2CCN(C(=O)OC(C)(C)C)CC2)C1)c1cncc(-c2ccccc2O)c1. The fourth-order valence-corrected chi connectivity index (χ4v) is 6.23. The van der Waals surface area contributed by atoms with Crippen LogP contribution in [0.2, 0.25) is 0 Å². The lowest BCUT2D eigenvalue weighted by atomic mass is 9.84. The van der Waals surface area contributed by atoms with E-state index in [0.717, 1.165) is 31.2 Å². The molecule has 0 radical (unpaired) electrons. The second kappa shape index (κ2) is 15.4. The number of aromatic nitrogens is 1. The molecule has 1 aromatic carbocycles. The van der Waals surface area contributed by atoms with Gasteiger partial charge in [-0.25, -0.2) is 4.79 Å². The molecule has 2 amide bonds. The summed E-state index contributed by atoms with van der Waals surface area (Å²) in [5.74, 6) is -0.587. The number of hydrogen-bond donors (Lipinski definition) is 1. The van der Waals surface area contributed by atoms with Gasteiger partial charge in [-0.05, 0) is 76.5 Å². The molecule has 3 heterocycles. The van der Waals surface area contributed by atoms with Crippen molar-refractivity contribution in [2.45, 2.75) is 83.7 Å². The van der Waals surface area contributed by atoms with Gasteiger partial charge in [-0.3, -0.25) is 19.4 Å². The zero-order valence-corrected chi connectivity index (χ0v) is 27.0. The third-order valence-electron chi connectivity index (χ3n) is 8.80. The molecule has 2 aromatic rings. The second-order valence-electron chi connectivity index (χ2n) is 13.3. The number of carbonyl (C=O) groups excluding carboxylic acids is 4. The highest BCUT2D eigenvalue weighted by Crippen LogP contribution is 2.33. The number of rotatable bonds is 10. The highest BCUT2D eigenvalue weighted by molar-refractivity contribution is 5.84. The number of ketones is 1. The number of ether oxygens (including phenoxy) is 2. The lowest BCUT2D eigenvalue weighted by molar-refractivity contribution is -0.141. The van der Waals surface area contributed by atoms with Gasteiger partial charge in [0.25, 0.3) is 0 Å². The first-order valence-corrected chi connectivity index (χ1v) is 16.0. The number of esters is 1. The van der Waals surface area contributed by atoms with Crippen molar-refractivity contribution < 1.29 is 33.8 Å². The number of phenols is 1. The average Bonchev–Trinajstić information content (AvgIpc) is 3.03. The van der Waals surface area contributed by atoms with Gasteiger partial charge in [-0.15, -0.1) is 0 Å². The van der Waals surface area contributed by atoms with Crippen LogP contribution in [0.15, 0.2) is 42.7 Å². The molecule has 0 saturated carbocycles. The molecular formula is C35H47N3O7. The number of Topliss-reactive ketones (excluding diaryl/α,β-unsaturated/α-hetero) is 1. The van der Waals surface area contributed by atoms with Crippen molar-refractivity contribution in [3.8, 4) is 16.9 Å². The zero-order chi connectivity index (χ0) is 32.6. The molecule has 10 heteroatoms. The summed E-state index contributed by atoms with van der Waals surface area (Å²) in [6, 6.07) is 8.81. The number of piperidine rings is 2. The van der Waals surface area contributed by atoms with Crippen LogP contribution in [0.3, 0.4) is 0 Å². The number of benzene rings is 1. The molecule has 1 N–H and O–H groups in total. The molecule has 2 atom stereocenters. The molecule has 2 fully saturated rings. The summed E-state index contributed by atoms with van der Waals surface area (Å²) < 4.78 is 10.4. The van der Waals surface area contributed by atoms with Gasteiger partial charge in [-0.1, -0.05) is 18.2 Å². The van der Waals surface area contributed by atoms with E-state index in [9.17, 15) is 24.3 Å². The van der Waals surface area contributed by atoms with Gasteiger partial charge in [0.2, 0.25) is 5.91 Å². The summed E-state index contributed by atoms with van der Waals surface area (Å²) in [7, 11) is 1.33. The van der Waals surface area contributed by atoms with Crippen LogP contribution in [0.5, 0.6) is 5.75 Å². The number of para-hydroxylation sites is 1. The van der Waals surface area contributed by atoms with Crippen LogP contribution < -0.4 is 0 Å². The highest BCUT2D eigenvalue weighted by Gasteiger charge is 2.32. The van der Waals surface area contributed by atoms with E-state index in [4.69, 9.17) is 9.47 Å². The first kappa shape index (κ1) is 33.9. The fourth-order valence-electron chi connectivity index (χ4n) is 6.23. The van der Waals surface area contributed by atoms with E-state index in [2.05, 4.69) is 4.98 Å². The maximum absolute atomic E-state index is 13.6. The Labute approximate surface area is 266 Å². The molecule has 10 nitrogen and oxygen atoms in total. The van der Waals surface area contributed by atoms with E-state index in [-0.39, 0.29) is 42.3 Å². The van der Waals surface area contributed by atoms with E-state index in [0.29, 0.717) is 56.1 Å². The van der Waals surface area contributed by atoms with Gasteiger partial charge < -0.3 is 24.4 Å². The van der Waals surface area contributed by atoms with Crippen LogP contribution in [0, 0.1) is 11.8 Å². The predicted octanol–water partition coefficient (Wildman–Crippen LogP) is 5.73. The molecule has 2 aliphatic heterocycles. The van der Waals surface area contributed by atoms with E-state index in [1.807, 2.05) is 37.8 Å². The largest absolute Gasteiger partial charge is 0.507 e. The fraction of sp³-hybridized carbons (Fsp3) is 0.571. The van der Waals surface area contributed by atoms with Crippen LogP contribution in [0.25, 0.3) is 11.1 Å². The Morgan fingerprint density at radius 3 is 2.42 bits per heavy atom. The van der Waals surface area contributed by atoms with Crippen molar-refractivity contribution in [2.75, 3.05) is 33.3 Å². The third kappa shape index (κ3) is 9.77. The van der Waals surface area contributed by atoms with Crippen molar-refractivity contribution in [1.29, 1.82) is 0 Å². The Morgan fingerprint density at radius 1 is 1.00 bits per heavy atom. The zero-order valence-electron chi connectivity index (χ0n) is 27.0. The summed E-state index contributed by atoms with van der Waals surface area (Å²) in [5, 5.41) is 10.3. The summed E-state index contributed by atoms with van der Waals surface area (Å²) in [4.78, 5) is 59.4. The van der Waals surface area contributed by atoms with Crippen LogP contribution >= 0.6 is 0 Å². The third-order valence-corrected chi connectivity index (χ3v) is 8.80. The van der Waals surface area contributed by atoms with E-state index < -0.39 is 17.5 Å². The second-order valence-corrected chi connectivity index (χ2v) is 13.3. The van der Waals surface area contributed by atoms with Crippen molar-refractivity contribution in [3.63, 3.8) is 0 Å². The van der Waals surface area contributed by atoms with Crippen LogP contribution in [-0.4, -0.2) is 82.5 Å². The average molecular weight is 622 g/mol. The maximum atomic E-state index is 13.6. The molecule has 2 saturated heterocycles. The Hall–Kier alpha value is -3.95. The van der Waals surface area contributed by atoms with Crippen LogP contribution in [0.4, 0.5) is 4.79 Å². The number of hydrogen-bond acceptors (Lipinski definition) is 8.